The van der Waals surface area contributed by atoms with Gasteiger partial charge in [0.25, 0.3) is 0 Å². The van der Waals surface area contributed by atoms with Gasteiger partial charge in [0.2, 0.25) is 0 Å². The maximum atomic E-state index is 11.5. The Bertz CT molecular complexity index is 903. The van der Waals surface area contributed by atoms with E-state index in [-0.39, 0.29) is 5.56 Å². The summed E-state index contributed by atoms with van der Waals surface area (Å²) >= 11 is 0. The van der Waals surface area contributed by atoms with Crippen molar-refractivity contribution in [1.29, 1.82) is 0 Å². The molecule has 3 aromatic rings. The number of aromatic nitrogens is 1. The van der Waals surface area contributed by atoms with E-state index in [1.807, 2.05) is 30.3 Å². The van der Waals surface area contributed by atoms with Crippen molar-refractivity contribution in [3.05, 3.63) is 89.7 Å². The van der Waals surface area contributed by atoms with Gasteiger partial charge in [0.05, 0.1) is 11.3 Å². The van der Waals surface area contributed by atoms with E-state index in [0.29, 0.717) is 16.8 Å². The average molecular weight is 317 g/mol. The van der Waals surface area contributed by atoms with Crippen LogP contribution in [0.15, 0.2) is 73.1 Å². The second kappa shape index (κ2) is 6.86. The molecule has 1 heterocycles. The van der Waals surface area contributed by atoms with Gasteiger partial charge in [-0.2, -0.15) is 0 Å². The molecule has 4 nitrogen and oxygen atoms in total. The molecule has 0 spiro atoms. The smallest absolute Gasteiger partial charge is 0.337 e. The van der Waals surface area contributed by atoms with Crippen LogP contribution in [-0.4, -0.2) is 20.7 Å². The molecule has 2 aromatic carbocycles. The molecule has 1 aromatic heterocycles. The number of carbonyl (C=O) groups is 1. The Morgan fingerprint density at radius 3 is 2.33 bits per heavy atom. The lowest BCUT2D eigenvalue weighted by Gasteiger charge is -2.10. The van der Waals surface area contributed by atoms with Gasteiger partial charge in [0.15, 0.2) is 0 Å². The highest BCUT2D eigenvalue weighted by Crippen LogP contribution is 2.20. The van der Waals surface area contributed by atoms with Gasteiger partial charge in [-0.15, -0.1) is 0 Å². The first-order chi connectivity index (χ1) is 11.7. The first kappa shape index (κ1) is 15.6. The van der Waals surface area contributed by atoms with Crippen LogP contribution in [0.2, 0.25) is 0 Å². The minimum atomic E-state index is -1.02. The number of rotatable bonds is 3. The van der Waals surface area contributed by atoms with E-state index in [1.54, 1.807) is 41.2 Å². The van der Waals surface area contributed by atoms with Crippen molar-refractivity contribution in [3.63, 3.8) is 0 Å². The van der Waals surface area contributed by atoms with E-state index >= 15 is 0 Å². The monoisotopic (exact) mass is 317 g/mol. The van der Waals surface area contributed by atoms with Gasteiger partial charge in [-0.25, -0.2) is 4.79 Å². The topological polar surface area (TPSA) is 62.5 Å². The lowest BCUT2D eigenvalue weighted by atomic mass is 10.1. The summed E-state index contributed by atoms with van der Waals surface area (Å²) in [6, 6.07) is 17.7. The molecule has 0 aliphatic carbocycles. The fourth-order valence-electron chi connectivity index (χ4n) is 2.44. The van der Waals surface area contributed by atoms with Crippen LogP contribution < -0.4 is 0 Å². The third-order valence-corrected chi connectivity index (χ3v) is 3.59. The fourth-order valence-corrected chi connectivity index (χ4v) is 2.44. The van der Waals surface area contributed by atoms with Crippen molar-refractivity contribution in [1.82, 2.24) is 4.57 Å². The Morgan fingerprint density at radius 1 is 0.958 bits per heavy atom. The molecule has 4 heteroatoms. The third kappa shape index (κ3) is 3.22. The zero-order chi connectivity index (χ0) is 16.9. The van der Waals surface area contributed by atoms with Gasteiger partial charge in [-0.1, -0.05) is 48.2 Å². The minimum absolute atomic E-state index is 0.159. The van der Waals surface area contributed by atoms with Crippen LogP contribution in [0.5, 0.6) is 0 Å². The Labute approximate surface area is 139 Å². The van der Waals surface area contributed by atoms with Crippen LogP contribution in [0.4, 0.5) is 0 Å². The number of aliphatic hydroxyl groups is 1. The zero-order valence-corrected chi connectivity index (χ0v) is 12.8. The van der Waals surface area contributed by atoms with Crippen LogP contribution in [0.3, 0.4) is 0 Å². The molecular formula is C20H15NO3. The molecule has 118 valence electrons. The largest absolute Gasteiger partial charge is 0.478 e. The predicted molar refractivity (Wildman–Crippen MR) is 91.0 cm³/mol. The van der Waals surface area contributed by atoms with Crippen molar-refractivity contribution in [2.24, 2.45) is 0 Å². The molecule has 1 atom stereocenters. The lowest BCUT2D eigenvalue weighted by Crippen LogP contribution is -2.06. The normalized spacial score (nSPS) is 11.4. The maximum Gasteiger partial charge on any atom is 0.337 e. The van der Waals surface area contributed by atoms with Gasteiger partial charge in [0, 0.05) is 18.0 Å². The minimum Gasteiger partial charge on any atom is -0.478 e. The molecule has 2 N–H and O–H groups in total. The van der Waals surface area contributed by atoms with Crippen molar-refractivity contribution in [2.75, 3.05) is 0 Å². The Kier molecular flexibility index (Phi) is 4.46. The summed E-state index contributed by atoms with van der Waals surface area (Å²) in [7, 11) is 0. The second-order valence-corrected chi connectivity index (χ2v) is 5.18. The number of benzene rings is 2. The number of hydrogen-bond donors (Lipinski definition) is 2. The second-order valence-electron chi connectivity index (χ2n) is 5.18. The lowest BCUT2D eigenvalue weighted by molar-refractivity contribution is 0.0697. The third-order valence-electron chi connectivity index (χ3n) is 3.59. The first-order valence-corrected chi connectivity index (χ1v) is 7.41. The highest BCUT2D eigenvalue weighted by Gasteiger charge is 2.14. The number of nitrogens with zero attached hydrogens (tertiary/aromatic N) is 1. The van der Waals surface area contributed by atoms with E-state index in [0.717, 1.165) is 0 Å². The van der Waals surface area contributed by atoms with E-state index in [4.69, 9.17) is 0 Å². The summed E-state index contributed by atoms with van der Waals surface area (Å²) in [6.07, 6.45) is 2.60. The molecule has 24 heavy (non-hydrogen) atoms. The van der Waals surface area contributed by atoms with Gasteiger partial charge in [0.1, 0.15) is 6.10 Å². The summed E-state index contributed by atoms with van der Waals surface area (Å²) in [5.74, 6) is 4.67. The molecule has 3 rings (SSSR count). The fraction of sp³-hybridized carbons (Fsp3) is 0.0500. The Balaban J connectivity index is 2.05. The molecule has 1 unspecified atom stereocenters. The number of para-hydroxylation sites is 1. The van der Waals surface area contributed by atoms with Gasteiger partial charge in [-0.05, 0) is 29.8 Å². The number of carboxylic acids is 1. The summed E-state index contributed by atoms with van der Waals surface area (Å²) in [5, 5.41) is 19.6. The number of aliphatic hydroxyl groups excluding tert-OH is 1. The van der Waals surface area contributed by atoms with Crippen LogP contribution in [0.25, 0.3) is 5.69 Å². The highest BCUT2D eigenvalue weighted by molar-refractivity contribution is 5.93. The Morgan fingerprint density at radius 2 is 1.67 bits per heavy atom. The van der Waals surface area contributed by atoms with Crippen LogP contribution >= 0.6 is 0 Å². The molecule has 0 aliphatic rings. The van der Waals surface area contributed by atoms with Gasteiger partial charge >= 0.3 is 5.97 Å². The Hall–Kier alpha value is -3.29. The SMILES string of the molecule is O=C(O)c1cccc(C#CC(O)c2ccccc2)c1-n1cccc1. The van der Waals surface area contributed by atoms with E-state index in [1.165, 1.54) is 6.07 Å². The van der Waals surface area contributed by atoms with Crippen molar-refractivity contribution in [2.45, 2.75) is 6.10 Å². The van der Waals surface area contributed by atoms with Crippen LogP contribution in [0.1, 0.15) is 27.6 Å². The van der Waals surface area contributed by atoms with Crippen molar-refractivity contribution < 1.29 is 15.0 Å². The molecule has 0 aliphatic heterocycles. The molecule has 0 amide bonds. The van der Waals surface area contributed by atoms with Crippen molar-refractivity contribution in [3.8, 4) is 17.5 Å². The summed E-state index contributed by atoms with van der Waals surface area (Å²) < 4.78 is 1.71. The summed E-state index contributed by atoms with van der Waals surface area (Å²) in [4.78, 5) is 11.5. The molecule has 0 fully saturated rings. The molecular weight excluding hydrogens is 302 g/mol. The number of hydrogen-bond acceptors (Lipinski definition) is 2. The molecule has 0 bridgehead atoms. The molecule has 0 radical (unpaired) electrons. The van der Waals surface area contributed by atoms with Crippen LogP contribution in [0, 0.1) is 11.8 Å². The number of carboxylic acid groups (broad SMARTS) is 1. The number of aromatic carboxylic acids is 1. The van der Waals surface area contributed by atoms with E-state index in [9.17, 15) is 15.0 Å². The summed E-state index contributed by atoms with van der Waals surface area (Å²) in [5.41, 5.74) is 1.89. The average Bonchev–Trinajstić information content (AvgIpc) is 3.14. The van der Waals surface area contributed by atoms with Gasteiger partial charge < -0.3 is 14.8 Å². The van der Waals surface area contributed by atoms with Crippen molar-refractivity contribution >= 4 is 5.97 Å². The highest BCUT2D eigenvalue weighted by atomic mass is 16.4. The standard InChI is InChI=1S/C20H15NO3/c22-18(15-7-2-1-3-8-15)12-11-16-9-6-10-17(20(23)24)19(16)21-13-4-5-14-21/h1-10,13-14,18,22H,(H,23,24). The van der Waals surface area contributed by atoms with Gasteiger partial charge in [-0.3, -0.25) is 0 Å². The quantitative estimate of drug-likeness (QED) is 0.729. The molecule has 0 saturated carbocycles. The predicted octanol–water partition coefficient (Wildman–Crippen LogP) is 3.26. The zero-order valence-electron chi connectivity index (χ0n) is 12.8. The molecule has 0 saturated heterocycles. The first-order valence-electron chi connectivity index (χ1n) is 7.41. The maximum absolute atomic E-state index is 11.5. The van der Waals surface area contributed by atoms with E-state index in [2.05, 4.69) is 11.8 Å². The van der Waals surface area contributed by atoms with Crippen LogP contribution in [-0.2, 0) is 0 Å². The van der Waals surface area contributed by atoms with E-state index < -0.39 is 12.1 Å². The summed E-state index contributed by atoms with van der Waals surface area (Å²) in [6.45, 7) is 0.